The molecule has 0 aliphatic heterocycles. The topological polar surface area (TPSA) is 182 Å². The number of aliphatic hydroxyl groups excluding tert-OH is 3. The fraction of sp³-hybridized carbons (Fsp3) is 0.483. The van der Waals surface area contributed by atoms with Crippen molar-refractivity contribution in [3.8, 4) is 5.75 Å². The molecule has 1 saturated carbocycles. The Morgan fingerprint density at radius 1 is 1.15 bits per heavy atom. The quantitative estimate of drug-likeness (QED) is 0.312. The lowest BCUT2D eigenvalue weighted by atomic mass is 9.54. The number of ketones is 2. The molecule has 10 nitrogen and oxygen atoms in total. The van der Waals surface area contributed by atoms with Crippen molar-refractivity contribution in [2.45, 2.75) is 63.7 Å². The van der Waals surface area contributed by atoms with Crippen molar-refractivity contribution in [2.75, 3.05) is 14.1 Å². The standard InChI is InChI=1S/C29H36N2O8/c1-10(2)12-9-13(28(4,5)6)21(32)16-14(12)11(3)15-17(22(16)33)25(36)29(39)19(23(15)34)20(31(7)8)24(35)18(26(29)37)27(30)38/h9,11,15,19-20,23,32-34,37,39H,1H2,2-8H3,(H2,30,38)/t11-,15+,19+,20?,23-,29-/m0/s1. The van der Waals surface area contributed by atoms with E-state index >= 15 is 0 Å². The zero-order chi connectivity index (χ0) is 29.7. The SMILES string of the molecule is C=C(C)c1cc(C(C)(C)C)c(O)c2c1[C@H](C)[C@@H]1C(=C2O)C(=O)[C@]2(O)C(O)=C(C(N)=O)C(=O)C(N(C)C)[C@@H]2[C@H]1O. The summed E-state index contributed by atoms with van der Waals surface area (Å²) >= 11 is 0. The summed E-state index contributed by atoms with van der Waals surface area (Å²) in [6, 6.07) is 0.376. The summed E-state index contributed by atoms with van der Waals surface area (Å²) in [6.45, 7) is 13.1. The molecule has 10 heteroatoms. The molecule has 1 unspecified atom stereocenters. The molecule has 4 rings (SSSR count). The van der Waals surface area contributed by atoms with E-state index in [1.54, 1.807) is 19.9 Å². The minimum atomic E-state index is -2.95. The van der Waals surface area contributed by atoms with Crippen molar-refractivity contribution in [3.05, 3.63) is 51.8 Å². The molecular weight excluding hydrogens is 504 g/mol. The number of primary amides is 1. The van der Waals surface area contributed by atoms with E-state index in [1.807, 2.05) is 20.8 Å². The third-order valence-corrected chi connectivity index (χ3v) is 8.49. The molecule has 6 atom stereocenters. The highest BCUT2D eigenvalue weighted by molar-refractivity contribution is 6.24. The lowest BCUT2D eigenvalue weighted by molar-refractivity contribution is -0.169. The highest BCUT2D eigenvalue weighted by Gasteiger charge is 2.68. The van der Waals surface area contributed by atoms with Gasteiger partial charge in [-0.15, -0.1) is 0 Å². The number of amides is 1. The molecule has 0 heterocycles. The van der Waals surface area contributed by atoms with Crippen LogP contribution in [0.4, 0.5) is 0 Å². The molecule has 0 bridgehead atoms. The molecule has 0 radical (unpaired) electrons. The molecule has 1 aromatic rings. The lowest BCUT2D eigenvalue weighted by Crippen LogP contribution is -2.70. The van der Waals surface area contributed by atoms with Crippen LogP contribution in [0.5, 0.6) is 5.75 Å². The van der Waals surface area contributed by atoms with Crippen LogP contribution in [0.1, 0.15) is 62.8 Å². The van der Waals surface area contributed by atoms with Gasteiger partial charge in [0.25, 0.3) is 5.91 Å². The van der Waals surface area contributed by atoms with E-state index in [9.17, 15) is 39.9 Å². The van der Waals surface area contributed by atoms with Crippen LogP contribution in [-0.4, -0.2) is 79.7 Å². The number of hydrogen-bond donors (Lipinski definition) is 6. The number of benzene rings is 1. The Kier molecular flexibility index (Phi) is 6.42. The van der Waals surface area contributed by atoms with Gasteiger partial charge in [-0.1, -0.05) is 39.8 Å². The lowest BCUT2D eigenvalue weighted by Gasteiger charge is -2.54. The largest absolute Gasteiger partial charge is 0.508 e. The predicted octanol–water partition coefficient (Wildman–Crippen LogP) is 1.83. The molecular formula is C29H36N2O8. The van der Waals surface area contributed by atoms with E-state index in [0.717, 1.165) is 0 Å². The highest BCUT2D eigenvalue weighted by atomic mass is 16.4. The minimum absolute atomic E-state index is 0.0311. The van der Waals surface area contributed by atoms with E-state index in [-0.39, 0.29) is 11.3 Å². The number of carbonyl (C=O) groups is 3. The van der Waals surface area contributed by atoms with Crippen molar-refractivity contribution in [1.82, 2.24) is 4.90 Å². The van der Waals surface area contributed by atoms with Crippen LogP contribution in [0, 0.1) is 11.8 Å². The monoisotopic (exact) mass is 540 g/mol. The maximum Gasteiger partial charge on any atom is 0.255 e. The molecule has 1 amide bonds. The zero-order valence-corrected chi connectivity index (χ0v) is 23.2. The first-order chi connectivity index (χ1) is 17.8. The third kappa shape index (κ3) is 3.62. The van der Waals surface area contributed by atoms with Gasteiger partial charge in [-0.25, -0.2) is 0 Å². The number of fused-ring (bicyclic) bond motifs is 3. The average Bonchev–Trinajstić information content (AvgIpc) is 2.79. The van der Waals surface area contributed by atoms with Crippen LogP contribution in [0.25, 0.3) is 11.3 Å². The third-order valence-electron chi connectivity index (χ3n) is 8.49. The number of aromatic hydroxyl groups is 1. The molecule has 39 heavy (non-hydrogen) atoms. The van der Waals surface area contributed by atoms with Gasteiger partial charge in [-0.3, -0.25) is 19.3 Å². The summed E-state index contributed by atoms with van der Waals surface area (Å²) in [6.07, 6.45) is -1.65. The number of aliphatic hydroxyl groups is 4. The van der Waals surface area contributed by atoms with Crippen molar-refractivity contribution >= 4 is 28.8 Å². The van der Waals surface area contributed by atoms with E-state index in [0.29, 0.717) is 22.3 Å². The molecule has 210 valence electrons. The van der Waals surface area contributed by atoms with Gasteiger partial charge < -0.3 is 31.3 Å². The predicted molar refractivity (Wildman–Crippen MR) is 144 cm³/mol. The van der Waals surface area contributed by atoms with Gasteiger partial charge in [0, 0.05) is 17.1 Å². The van der Waals surface area contributed by atoms with Crippen molar-refractivity contribution in [1.29, 1.82) is 0 Å². The molecule has 0 aromatic heterocycles. The Bertz CT molecular complexity index is 1410. The van der Waals surface area contributed by atoms with Gasteiger partial charge >= 0.3 is 0 Å². The van der Waals surface area contributed by atoms with Gasteiger partial charge in [0.2, 0.25) is 5.78 Å². The fourth-order valence-corrected chi connectivity index (χ4v) is 6.69. The number of phenols is 1. The molecule has 1 fully saturated rings. The molecule has 0 spiro atoms. The number of allylic oxidation sites excluding steroid dienone is 1. The Labute approximate surface area is 226 Å². The molecule has 0 saturated heterocycles. The molecule has 1 aromatic carbocycles. The smallest absolute Gasteiger partial charge is 0.255 e. The summed E-state index contributed by atoms with van der Waals surface area (Å²) < 4.78 is 0. The summed E-state index contributed by atoms with van der Waals surface area (Å²) in [5, 5.41) is 57.6. The van der Waals surface area contributed by atoms with E-state index in [2.05, 4.69) is 6.58 Å². The summed E-state index contributed by atoms with van der Waals surface area (Å²) in [7, 11) is 2.93. The van der Waals surface area contributed by atoms with Crippen molar-refractivity contribution in [3.63, 3.8) is 0 Å². The summed E-state index contributed by atoms with van der Waals surface area (Å²) in [5.74, 6) is -9.11. The highest BCUT2D eigenvalue weighted by Crippen LogP contribution is 2.58. The number of Topliss-reactive ketones (excluding diaryl/α,β-unsaturated/α-hetero) is 2. The first-order valence-corrected chi connectivity index (χ1v) is 12.7. The number of likely N-dealkylation sites (N-methyl/N-ethyl adjacent to an activating group) is 1. The Hall–Kier alpha value is -3.47. The normalized spacial score (nSPS) is 30.8. The number of hydrogen-bond acceptors (Lipinski definition) is 9. The van der Waals surface area contributed by atoms with Crippen LogP contribution in [0.15, 0.2) is 29.6 Å². The average molecular weight is 541 g/mol. The van der Waals surface area contributed by atoms with Gasteiger partial charge in [0.15, 0.2) is 11.4 Å². The number of rotatable bonds is 3. The van der Waals surface area contributed by atoms with E-state index < -0.39 is 81.1 Å². The fourth-order valence-electron chi connectivity index (χ4n) is 6.69. The van der Waals surface area contributed by atoms with Crippen LogP contribution in [0.2, 0.25) is 0 Å². The number of nitrogens with two attached hydrogens (primary N) is 1. The summed E-state index contributed by atoms with van der Waals surface area (Å²) in [5.41, 5.74) is 2.61. The molecule has 7 N–H and O–H groups in total. The summed E-state index contributed by atoms with van der Waals surface area (Å²) in [4.78, 5) is 40.9. The number of carbonyl (C=O) groups excluding carboxylic acids is 3. The second-order valence-corrected chi connectivity index (χ2v) is 12.2. The molecule has 3 aliphatic rings. The number of phenolic OH excluding ortho intramolecular Hbond substituents is 1. The first kappa shape index (κ1) is 28.5. The zero-order valence-electron chi connectivity index (χ0n) is 23.2. The van der Waals surface area contributed by atoms with Crippen LogP contribution in [0.3, 0.4) is 0 Å². The van der Waals surface area contributed by atoms with Gasteiger partial charge in [-0.05, 0) is 49.5 Å². The Balaban J connectivity index is 2.14. The van der Waals surface area contributed by atoms with Crippen LogP contribution < -0.4 is 5.73 Å². The van der Waals surface area contributed by atoms with Crippen molar-refractivity contribution < 1.29 is 39.9 Å². The van der Waals surface area contributed by atoms with Gasteiger partial charge in [0.05, 0.1) is 23.6 Å². The second kappa shape index (κ2) is 8.77. The van der Waals surface area contributed by atoms with Gasteiger partial charge in [-0.2, -0.15) is 0 Å². The first-order valence-electron chi connectivity index (χ1n) is 12.7. The van der Waals surface area contributed by atoms with Crippen LogP contribution >= 0.6 is 0 Å². The van der Waals surface area contributed by atoms with E-state index in [1.165, 1.54) is 19.0 Å². The van der Waals surface area contributed by atoms with Gasteiger partial charge in [0.1, 0.15) is 22.8 Å². The van der Waals surface area contributed by atoms with Crippen molar-refractivity contribution in [2.24, 2.45) is 17.6 Å². The number of nitrogens with zero attached hydrogens (tertiary/aromatic N) is 1. The Morgan fingerprint density at radius 3 is 2.18 bits per heavy atom. The second-order valence-electron chi connectivity index (χ2n) is 12.2. The van der Waals surface area contributed by atoms with Crippen LogP contribution in [-0.2, 0) is 19.8 Å². The maximum absolute atomic E-state index is 14.1. The van der Waals surface area contributed by atoms with E-state index in [4.69, 9.17) is 5.73 Å². The maximum atomic E-state index is 14.1. The Morgan fingerprint density at radius 2 is 1.72 bits per heavy atom. The minimum Gasteiger partial charge on any atom is -0.508 e. The molecule has 3 aliphatic carbocycles.